The van der Waals surface area contributed by atoms with E-state index in [2.05, 4.69) is 22.0 Å². The molecule has 0 amide bonds. The van der Waals surface area contributed by atoms with E-state index in [-0.39, 0.29) is 5.69 Å². The molecule has 1 aliphatic rings. The lowest BCUT2D eigenvalue weighted by molar-refractivity contribution is -0.146. The first-order valence-electron chi connectivity index (χ1n) is 10.4. The van der Waals surface area contributed by atoms with Gasteiger partial charge in [-0.15, -0.1) is 0 Å². The molecule has 5 N–H and O–H groups in total. The topological polar surface area (TPSA) is 151 Å². The quantitative estimate of drug-likeness (QED) is 0.294. The normalized spacial score (nSPS) is 18.8. The summed E-state index contributed by atoms with van der Waals surface area (Å²) in [7, 11) is 1.21. The van der Waals surface area contributed by atoms with Gasteiger partial charge in [0.25, 0.3) is 5.56 Å². The van der Waals surface area contributed by atoms with Crippen molar-refractivity contribution in [3.05, 3.63) is 62.9 Å². The number of benzene rings is 1. The number of nitrogens with zero attached hydrogens (tertiary/aromatic N) is 3. The van der Waals surface area contributed by atoms with Crippen molar-refractivity contribution in [3.63, 3.8) is 0 Å². The van der Waals surface area contributed by atoms with Crippen LogP contribution in [0.4, 0.5) is 5.69 Å². The van der Waals surface area contributed by atoms with E-state index in [1.54, 1.807) is 0 Å². The highest BCUT2D eigenvalue weighted by Crippen LogP contribution is 2.19. The Hall–Kier alpha value is -2.54. The number of methoxy groups -OCH3 is 1. The third kappa shape index (κ3) is 5.44. The molecule has 2 aromatic rings. The van der Waals surface area contributed by atoms with Crippen molar-refractivity contribution in [2.24, 2.45) is 0 Å². The summed E-state index contributed by atoms with van der Waals surface area (Å²) in [5.74, 6) is 0. The van der Waals surface area contributed by atoms with Crippen LogP contribution in [0.25, 0.3) is 0 Å². The van der Waals surface area contributed by atoms with Gasteiger partial charge in [-0.05, 0) is 5.56 Å². The minimum atomic E-state index is -1.77. The van der Waals surface area contributed by atoms with Crippen molar-refractivity contribution in [1.29, 1.82) is 0 Å². The third-order valence-electron chi connectivity index (χ3n) is 5.65. The van der Waals surface area contributed by atoms with Crippen LogP contribution < -0.4 is 16.1 Å². The molecule has 0 spiro atoms. The van der Waals surface area contributed by atoms with Gasteiger partial charge >= 0.3 is 5.69 Å². The molecule has 1 aromatic carbocycles. The van der Waals surface area contributed by atoms with Crippen molar-refractivity contribution in [3.8, 4) is 0 Å². The zero-order valence-electron chi connectivity index (χ0n) is 17.9. The fourth-order valence-corrected chi connectivity index (χ4v) is 3.80. The predicted molar refractivity (Wildman–Crippen MR) is 116 cm³/mol. The highest BCUT2D eigenvalue weighted by molar-refractivity contribution is 5.42. The van der Waals surface area contributed by atoms with Crippen LogP contribution in [0.1, 0.15) is 11.8 Å². The number of aliphatic hydroxyl groups is 4. The number of nitrogens with one attached hydrogen (secondary N) is 1. The Bertz CT molecular complexity index is 972. The number of aromatic nitrogens is 2. The van der Waals surface area contributed by atoms with Crippen LogP contribution in [0.2, 0.25) is 0 Å². The van der Waals surface area contributed by atoms with E-state index in [0.717, 1.165) is 11.1 Å². The van der Waals surface area contributed by atoms with Gasteiger partial charge in [-0.3, -0.25) is 19.2 Å². The van der Waals surface area contributed by atoms with Gasteiger partial charge in [0.05, 0.1) is 6.61 Å². The molecule has 11 nitrogen and oxygen atoms in total. The predicted octanol–water partition coefficient (Wildman–Crippen LogP) is -1.92. The number of aliphatic hydroxyl groups excluding tert-OH is 4. The van der Waals surface area contributed by atoms with E-state index in [9.17, 15) is 24.9 Å². The molecule has 32 heavy (non-hydrogen) atoms. The van der Waals surface area contributed by atoms with Crippen LogP contribution in [0.5, 0.6) is 0 Å². The summed E-state index contributed by atoms with van der Waals surface area (Å²) in [6, 6.07) is 10.1. The number of H-pyrrole nitrogens is 1. The Morgan fingerprint density at radius 3 is 2.28 bits per heavy atom. The molecule has 2 heterocycles. The Balaban J connectivity index is 1.76. The molecule has 1 aromatic heterocycles. The van der Waals surface area contributed by atoms with E-state index in [1.807, 2.05) is 23.1 Å². The Morgan fingerprint density at radius 2 is 1.69 bits per heavy atom. The molecule has 0 bridgehead atoms. The molecule has 1 aliphatic heterocycles. The van der Waals surface area contributed by atoms with Crippen LogP contribution >= 0.6 is 0 Å². The number of rotatable bonds is 9. The summed E-state index contributed by atoms with van der Waals surface area (Å²) in [5, 5.41) is 39.0. The summed E-state index contributed by atoms with van der Waals surface area (Å²) in [4.78, 5) is 31.2. The van der Waals surface area contributed by atoms with E-state index in [4.69, 9.17) is 9.84 Å². The average Bonchev–Trinajstić information content (AvgIpc) is 2.81. The van der Waals surface area contributed by atoms with Gasteiger partial charge in [-0.1, -0.05) is 30.3 Å². The minimum absolute atomic E-state index is 0.232. The molecule has 3 rings (SSSR count). The van der Waals surface area contributed by atoms with Crippen LogP contribution in [0.15, 0.2) is 46.1 Å². The Labute approximate surface area is 184 Å². The molecular weight excluding hydrogens is 420 g/mol. The SMILES string of the molecule is COC([C@@H](O)[C@H](O)[C@H](O)CO)n1cc(N2CCN(Cc3ccccc3)CC2)c(=O)[nH]c1=O. The standard InChI is InChI=1S/C21H30N4O7/c1-32-20(18(29)17(28)16(27)13-26)25-12-15(19(30)22-21(25)31)24-9-7-23(8-10-24)11-14-5-3-2-4-6-14/h2-6,12,16-18,20,26-29H,7-11,13H2,1H3,(H,22,30,31)/t16-,17-,18+,20?/m1/s1. The maximum absolute atomic E-state index is 12.5. The number of ether oxygens (including phenoxy) is 1. The first-order chi connectivity index (χ1) is 15.3. The molecule has 0 saturated carbocycles. The van der Waals surface area contributed by atoms with Gasteiger partial charge in [-0.2, -0.15) is 0 Å². The van der Waals surface area contributed by atoms with Gasteiger partial charge in [0.2, 0.25) is 0 Å². The number of piperazine rings is 1. The van der Waals surface area contributed by atoms with Crippen LogP contribution in [0, 0.1) is 0 Å². The van der Waals surface area contributed by atoms with Crippen molar-refractivity contribution in [1.82, 2.24) is 14.5 Å². The minimum Gasteiger partial charge on any atom is -0.394 e. The highest BCUT2D eigenvalue weighted by Gasteiger charge is 2.33. The molecule has 0 aliphatic carbocycles. The van der Waals surface area contributed by atoms with Crippen molar-refractivity contribution >= 4 is 5.69 Å². The lowest BCUT2D eigenvalue weighted by Gasteiger charge is -2.36. The molecule has 4 atom stereocenters. The first-order valence-corrected chi connectivity index (χ1v) is 10.4. The summed E-state index contributed by atoms with van der Waals surface area (Å²) in [6.07, 6.45) is -5.24. The van der Waals surface area contributed by atoms with E-state index in [0.29, 0.717) is 26.2 Å². The Kier molecular flexibility index (Phi) is 8.18. The number of aromatic amines is 1. The van der Waals surface area contributed by atoms with Crippen molar-refractivity contribution < 1.29 is 25.2 Å². The summed E-state index contributed by atoms with van der Waals surface area (Å²) in [5.41, 5.74) is 0.0319. The van der Waals surface area contributed by atoms with Crippen molar-refractivity contribution in [2.75, 3.05) is 44.8 Å². The van der Waals surface area contributed by atoms with Crippen LogP contribution in [-0.4, -0.2) is 93.1 Å². The second kappa shape index (κ2) is 10.9. The first kappa shape index (κ1) is 24.1. The van der Waals surface area contributed by atoms with Gasteiger partial charge < -0.3 is 30.1 Å². The van der Waals surface area contributed by atoms with E-state index < -0.39 is 42.4 Å². The molecule has 1 saturated heterocycles. The maximum Gasteiger partial charge on any atom is 0.330 e. The van der Waals surface area contributed by atoms with E-state index >= 15 is 0 Å². The zero-order chi connectivity index (χ0) is 23.3. The van der Waals surface area contributed by atoms with Gasteiger partial charge in [0.15, 0.2) is 6.23 Å². The van der Waals surface area contributed by atoms with Crippen molar-refractivity contribution in [2.45, 2.75) is 31.1 Å². The van der Waals surface area contributed by atoms with Gasteiger partial charge in [-0.25, -0.2) is 4.79 Å². The molecule has 0 radical (unpaired) electrons. The average molecular weight is 450 g/mol. The number of hydrogen-bond donors (Lipinski definition) is 5. The smallest absolute Gasteiger partial charge is 0.330 e. The molecule has 11 heteroatoms. The van der Waals surface area contributed by atoms with Crippen LogP contribution in [-0.2, 0) is 11.3 Å². The molecule has 1 unspecified atom stereocenters. The summed E-state index contributed by atoms with van der Waals surface area (Å²) < 4.78 is 6.14. The zero-order valence-corrected chi connectivity index (χ0v) is 17.9. The fourth-order valence-electron chi connectivity index (χ4n) is 3.80. The van der Waals surface area contributed by atoms with Gasteiger partial charge in [0, 0.05) is 46.0 Å². The monoisotopic (exact) mass is 450 g/mol. The van der Waals surface area contributed by atoms with Crippen LogP contribution in [0.3, 0.4) is 0 Å². The highest BCUT2D eigenvalue weighted by atomic mass is 16.5. The number of hydrogen-bond acceptors (Lipinski definition) is 9. The van der Waals surface area contributed by atoms with Gasteiger partial charge in [0.1, 0.15) is 24.0 Å². The fraction of sp³-hybridized carbons (Fsp3) is 0.524. The number of anilines is 1. The second-order valence-electron chi connectivity index (χ2n) is 7.79. The van der Waals surface area contributed by atoms with E-state index in [1.165, 1.54) is 18.9 Å². The second-order valence-corrected chi connectivity index (χ2v) is 7.79. The maximum atomic E-state index is 12.5. The molecular formula is C21H30N4O7. The Morgan fingerprint density at radius 1 is 1.03 bits per heavy atom. The lowest BCUT2D eigenvalue weighted by atomic mass is 10.1. The molecule has 176 valence electrons. The third-order valence-corrected chi connectivity index (χ3v) is 5.65. The largest absolute Gasteiger partial charge is 0.394 e. The summed E-state index contributed by atoms with van der Waals surface area (Å²) >= 11 is 0. The summed E-state index contributed by atoms with van der Waals surface area (Å²) in [6.45, 7) is 2.55. The molecule has 1 fully saturated rings. The lowest BCUT2D eigenvalue weighted by Crippen LogP contribution is -2.50.